The minimum absolute atomic E-state index is 0.0478. The highest BCUT2D eigenvalue weighted by molar-refractivity contribution is 6.70. The average Bonchev–Trinajstić information content (AvgIpc) is 1.84. The minimum Gasteiger partial charge on any atom is -0.410 e. The summed E-state index contributed by atoms with van der Waals surface area (Å²) in [5.74, 6) is 0.190. The number of nitrogens with zero attached hydrogens (tertiary/aromatic N) is 1. The van der Waals surface area contributed by atoms with Crippen molar-refractivity contribution in [2.24, 2.45) is 11.1 Å². The number of oxime groups is 1. The van der Waals surface area contributed by atoms with Crippen LogP contribution in [0.2, 0.25) is 0 Å². The third-order valence-electron chi connectivity index (χ3n) is 0.908. The van der Waals surface area contributed by atoms with E-state index in [4.69, 9.17) is 28.4 Å². The Morgan fingerprint density at radius 1 is 1.56 bits per heavy atom. The van der Waals surface area contributed by atoms with E-state index in [-0.39, 0.29) is 16.5 Å². The van der Waals surface area contributed by atoms with Crippen molar-refractivity contribution in [3.63, 3.8) is 0 Å². The topological polar surface area (TPSA) is 32.6 Å². The van der Waals surface area contributed by atoms with Crippen molar-refractivity contribution in [1.29, 1.82) is 0 Å². The molecule has 0 amide bonds. The van der Waals surface area contributed by atoms with Gasteiger partial charge in [0.05, 0.1) is 5.38 Å². The van der Waals surface area contributed by atoms with Crippen LogP contribution in [0.4, 0.5) is 0 Å². The van der Waals surface area contributed by atoms with Gasteiger partial charge in [0, 0.05) is 0 Å². The molecule has 2 nitrogen and oxygen atoms in total. The molecule has 0 radical (unpaired) electrons. The van der Waals surface area contributed by atoms with Gasteiger partial charge in [-0.05, 0) is 5.92 Å². The Labute approximate surface area is 64.4 Å². The first kappa shape index (κ1) is 9.05. The quantitative estimate of drug-likeness (QED) is 0.293. The highest BCUT2D eigenvalue weighted by Gasteiger charge is 2.14. The molecule has 54 valence electrons. The van der Waals surface area contributed by atoms with Gasteiger partial charge in [0.15, 0.2) is 5.17 Å². The lowest BCUT2D eigenvalue weighted by Gasteiger charge is -2.08. The molecule has 0 saturated carbocycles. The van der Waals surface area contributed by atoms with E-state index in [1.54, 1.807) is 0 Å². The molecular weight excluding hydrogens is 161 g/mol. The van der Waals surface area contributed by atoms with Crippen LogP contribution in [0.3, 0.4) is 0 Å². The summed E-state index contributed by atoms with van der Waals surface area (Å²) in [6, 6.07) is 0. The first-order chi connectivity index (χ1) is 4.09. The average molecular weight is 170 g/mol. The fraction of sp³-hybridized carbons (Fsp3) is 0.800. The summed E-state index contributed by atoms with van der Waals surface area (Å²) in [7, 11) is 0. The van der Waals surface area contributed by atoms with Crippen LogP contribution in [0.1, 0.15) is 13.8 Å². The van der Waals surface area contributed by atoms with E-state index in [1.165, 1.54) is 0 Å². The predicted molar refractivity (Wildman–Crippen MR) is 39.6 cm³/mol. The summed E-state index contributed by atoms with van der Waals surface area (Å²) < 4.78 is 0. The molecule has 4 heteroatoms. The predicted octanol–water partition coefficient (Wildman–Crippen LogP) is 2.28. The van der Waals surface area contributed by atoms with Crippen molar-refractivity contribution < 1.29 is 5.21 Å². The Bertz CT molecular complexity index is 114. The molecule has 0 bridgehead atoms. The Kier molecular flexibility index (Phi) is 3.98. The molecule has 0 heterocycles. The molecule has 9 heavy (non-hydrogen) atoms. The molecule has 0 saturated heterocycles. The molecule has 0 aliphatic carbocycles. The molecule has 0 aliphatic heterocycles. The van der Waals surface area contributed by atoms with Crippen molar-refractivity contribution in [3.05, 3.63) is 0 Å². The molecule has 1 unspecified atom stereocenters. The van der Waals surface area contributed by atoms with E-state index in [1.807, 2.05) is 13.8 Å². The number of alkyl halides is 1. The number of hydrogen-bond acceptors (Lipinski definition) is 2. The molecule has 0 fully saturated rings. The highest BCUT2D eigenvalue weighted by atomic mass is 35.5. The highest BCUT2D eigenvalue weighted by Crippen LogP contribution is 2.13. The van der Waals surface area contributed by atoms with Gasteiger partial charge in [-0.25, -0.2) is 0 Å². The van der Waals surface area contributed by atoms with Crippen LogP contribution in [0.15, 0.2) is 5.16 Å². The van der Waals surface area contributed by atoms with Crippen LogP contribution in [0, 0.1) is 5.92 Å². The van der Waals surface area contributed by atoms with Gasteiger partial charge in [0.2, 0.25) is 0 Å². The maximum absolute atomic E-state index is 8.13. The van der Waals surface area contributed by atoms with Crippen molar-refractivity contribution in [1.82, 2.24) is 0 Å². The third kappa shape index (κ3) is 2.92. The third-order valence-corrected chi connectivity index (χ3v) is 2.04. The van der Waals surface area contributed by atoms with Crippen LogP contribution >= 0.6 is 23.2 Å². The van der Waals surface area contributed by atoms with Gasteiger partial charge < -0.3 is 5.21 Å². The molecule has 1 atom stereocenters. The second kappa shape index (κ2) is 3.96. The first-order valence-corrected chi connectivity index (χ1v) is 3.42. The van der Waals surface area contributed by atoms with Crippen molar-refractivity contribution in [2.45, 2.75) is 19.2 Å². The van der Waals surface area contributed by atoms with Gasteiger partial charge >= 0.3 is 0 Å². The standard InChI is InChI=1S/C5H9Cl2NO/c1-3(2)4(6)5(7)8-9/h3-4,9H,1-2H3/b8-5-. The molecule has 0 aromatic heterocycles. The summed E-state index contributed by atoms with van der Waals surface area (Å²) in [5, 5.41) is 10.6. The van der Waals surface area contributed by atoms with Crippen LogP contribution in [0.25, 0.3) is 0 Å². The Balaban J connectivity index is 3.88. The van der Waals surface area contributed by atoms with Gasteiger partial charge in [-0.15, -0.1) is 11.6 Å². The largest absolute Gasteiger partial charge is 0.410 e. The maximum Gasteiger partial charge on any atom is 0.163 e. The van der Waals surface area contributed by atoms with Crippen LogP contribution < -0.4 is 0 Å². The van der Waals surface area contributed by atoms with Gasteiger partial charge in [-0.2, -0.15) is 0 Å². The van der Waals surface area contributed by atoms with Crippen LogP contribution in [-0.4, -0.2) is 15.8 Å². The molecular formula is C5H9Cl2NO. The Hall–Kier alpha value is 0.0500. The zero-order valence-electron chi connectivity index (χ0n) is 5.31. The summed E-state index contributed by atoms with van der Waals surface area (Å²) in [4.78, 5) is 0. The zero-order chi connectivity index (χ0) is 7.44. The second-order valence-corrected chi connectivity index (χ2v) is 2.93. The first-order valence-electron chi connectivity index (χ1n) is 2.61. The maximum atomic E-state index is 8.13. The lowest BCUT2D eigenvalue weighted by molar-refractivity contribution is 0.318. The van der Waals surface area contributed by atoms with Gasteiger partial charge in [0.25, 0.3) is 0 Å². The summed E-state index contributed by atoms with van der Waals surface area (Å²) in [5.41, 5.74) is 0. The van der Waals surface area contributed by atoms with E-state index < -0.39 is 0 Å². The van der Waals surface area contributed by atoms with Gasteiger partial charge in [0.1, 0.15) is 0 Å². The number of halogens is 2. The van der Waals surface area contributed by atoms with E-state index >= 15 is 0 Å². The molecule has 0 aromatic rings. The molecule has 0 aromatic carbocycles. The normalized spacial score (nSPS) is 16.3. The van der Waals surface area contributed by atoms with Crippen LogP contribution in [-0.2, 0) is 0 Å². The summed E-state index contributed by atoms with van der Waals surface area (Å²) >= 11 is 11.0. The van der Waals surface area contributed by atoms with E-state index in [2.05, 4.69) is 5.16 Å². The fourth-order valence-corrected chi connectivity index (χ4v) is 0.626. The lowest BCUT2D eigenvalue weighted by Crippen LogP contribution is -2.15. The Morgan fingerprint density at radius 3 is 2.11 bits per heavy atom. The van der Waals surface area contributed by atoms with Gasteiger partial charge in [-0.3, -0.25) is 0 Å². The SMILES string of the molecule is CC(C)C(Cl)/C(Cl)=N/O. The van der Waals surface area contributed by atoms with Crippen molar-refractivity contribution >= 4 is 28.4 Å². The lowest BCUT2D eigenvalue weighted by atomic mass is 10.1. The minimum atomic E-state index is -0.378. The fourth-order valence-electron chi connectivity index (χ4n) is 0.330. The zero-order valence-corrected chi connectivity index (χ0v) is 6.82. The molecule has 1 N–H and O–H groups in total. The molecule has 0 spiro atoms. The van der Waals surface area contributed by atoms with E-state index in [0.29, 0.717) is 0 Å². The van der Waals surface area contributed by atoms with E-state index in [9.17, 15) is 0 Å². The smallest absolute Gasteiger partial charge is 0.163 e. The number of hydrogen-bond donors (Lipinski definition) is 1. The number of rotatable bonds is 2. The van der Waals surface area contributed by atoms with Crippen LogP contribution in [0.5, 0.6) is 0 Å². The monoisotopic (exact) mass is 169 g/mol. The van der Waals surface area contributed by atoms with E-state index in [0.717, 1.165) is 0 Å². The Morgan fingerprint density at radius 2 is 2.00 bits per heavy atom. The molecule has 0 rings (SSSR count). The second-order valence-electron chi connectivity index (χ2n) is 2.07. The molecule has 0 aliphatic rings. The van der Waals surface area contributed by atoms with Crippen molar-refractivity contribution in [3.8, 4) is 0 Å². The summed E-state index contributed by atoms with van der Waals surface area (Å²) in [6.45, 7) is 3.79. The van der Waals surface area contributed by atoms with Gasteiger partial charge in [-0.1, -0.05) is 30.6 Å². The van der Waals surface area contributed by atoms with Crippen molar-refractivity contribution in [2.75, 3.05) is 0 Å². The summed E-state index contributed by atoms with van der Waals surface area (Å²) in [6.07, 6.45) is 0.